The lowest BCUT2D eigenvalue weighted by atomic mass is 9.92. The van der Waals surface area contributed by atoms with Gasteiger partial charge in [-0.05, 0) is 67.9 Å². The summed E-state index contributed by atoms with van der Waals surface area (Å²) < 4.78 is 0. The number of hydrogen-bond acceptors (Lipinski definition) is 5. The fourth-order valence-electron chi connectivity index (χ4n) is 2.98. The molecule has 1 fully saturated rings. The van der Waals surface area contributed by atoms with E-state index in [0.29, 0.717) is 5.56 Å². The van der Waals surface area contributed by atoms with Crippen molar-refractivity contribution in [1.29, 1.82) is 0 Å². The molecular formula is C19H19N5O4S. The van der Waals surface area contributed by atoms with E-state index in [2.05, 4.69) is 16.1 Å². The number of carbonyl (C=O) groups excluding carboxylic acids is 2. The maximum absolute atomic E-state index is 12.9. The second-order valence-corrected chi connectivity index (χ2v) is 7.29. The normalized spacial score (nSPS) is 18.4. The topological polar surface area (TPSA) is 117 Å². The Morgan fingerprint density at radius 2 is 1.83 bits per heavy atom. The molecule has 2 aromatic carbocycles. The van der Waals surface area contributed by atoms with E-state index in [0.717, 1.165) is 21.8 Å². The molecule has 0 unspecified atom stereocenters. The molecule has 0 aromatic heterocycles. The molecule has 1 aliphatic heterocycles. The molecule has 0 aliphatic carbocycles. The Labute approximate surface area is 172 Å². The zero-order valence-corrected chi connectivity index (χ0v) is 16.8. The van der Waals surface area contributed by atoms with Crippen LogP contribution in [-0.4, -0.2) is 27.0 Å². The number of thiocarbonyl (C=S) groups is 1. The largest absolute Gasteiger partial charge is 0.344 e. The number of anilines is 1. The number of carbonyl (C=O) groups is 2. The average molecular weight is 413 g/mol. The third-order valence-electron chi connectivity index (χ3n) is 4.70. The van der Waals surface area contributed by atoms with Gasteiger partial charge in [-0.25, -0.2) is 4.79 Å². The van der Waals surface area contributed by atoms with Gasteiger partial charge in [-0.15, -0.1) is 0 Å². The van der Waals surface area contributed by atoms with Crippen molar-refractivity contribution in [3.63, 3.8) is 0 Å². The number of nitrogens with zero attached hydrogens (tertiary/aromatic N) is 2. The summed E-state index contributed by atoms with van der Waals surface area (Å²) in [6.07, 6.45) is 0. The van der Waals surface area contributed by atoms with Gasteiger partial charge in [0.1, 0.15) is 5.54 Å². The minimum atomic E-state index is -1.38. The zero-order valence-electron chi connectivity index (χ0n) is 16.0. The van der Waals surface area contributed by atoms with Crippen LogP contribution in [0.5, 0.6) is 0 Å². The van der Waals surface area contributed by atoms with Crippen LogP contribution in [0.15, 0.2) is 42.5 Å². The number of rotatable bonds is 4. The van der Waals surface area contributed by atoms with Gasteiger partial charge in [0, 0.05) is 17.8 Å². The van der Waals surface area contributed by atoms with E-state index in [4.69, 9.17) is 12.2 Å². The van der Waals surface area contributed by atoms with E-state index in [1.54, 1.807) is 0 Å². The Hall–Kier alpha value is -3.53. The van der Waals surface area contributed by atoms with Gasteiger partial charge < -0.3 is 10.6 Å². The Bertz CT molecular complexity index is 1020. The number of nitrogens with one attached hydrogen (secondary N) is 3. The van der Waals surface area contributed by atoms with Crippen LogP contribution in [0.1, 0.15) is 23.6 Å². The molecule has 0 bridgehead atoms. The van der Waals surface area contributed by atoms with Crippen LogP contribution in [0.3, 0.4) is 0 Å². The van der Waals surface area contributed by atoms with Crippen molar-refractivity contribution >= 4 is 40.6 Å². The molecule has 9 nitrogen and oxygen atoms in total. The highest BCUT2D eigenvalue weighted by molar-refractivity contribution is 7.80. The van der Waals surface area contributed by atoms with Gasteiger partial charge in [0.05, 0.1) is 4.92 Å². The first-order valence-electron chi connectivity index (χ1n) is 8.68. The predicted molar refractivity (Wildman–Crippen MR) is 111 cm³/mol. The van der Waals surface area contributed by atoms with Crippen LogP contribution >= 0.6 is 12.2 Å². The highest BCUT2D eigenvalue weighted by Gasteiger charge is 2.49. The first-order valence-corrected chi connectivity index (χ1v) is 9.09. The predicted octanol–water partition coefficient (Wildman–Crippen LogP) is 2.88. The minimum absolute atomic E-state index is 0.0788. The lowest BCUT2D eigenvalue weighted by Gasteiger charge is -2.22. The summed E-state index contributed by atoms with van der Waals surface area (Å²) >= 11 is 5.25. The van der Waals surface area contributed by atoms with Crippen molar-refractivity contribution in [3.05, 3.63) is 69.3 Å². The fourth-order valence-corrected chi connectivity index (χ4v) is 3.18. The highest BCUT2D eigenvalue weighted by atomic mass is 32.1. The fraction of sp³-hybridized carbons (Fsp3) is 0.211. The molecule has 1 saturated heterocycles. The number of urea groups is 1. The number of hydrazine groups is 1. The molecule has 3 N–H and O–H groups in total. The Balaban J connectivity index is 1.76. The lowest BCUT2D eigenvalue weighted by Crippen LogP contribution is -2.49. The van der Waals surface area contributed by atoms with Crippen molar-refractivity contribution in [3.8, 4) is 0 Å². The molecule has 1 aliphatic rings. The number of amides is 3. The number of non-ortho nitro benzene ring substituents is 1. The molecule has 1 atom stereocenters. The van der Waals surface area contributed by atoms with Gasteiger partial charge >= 0.3 is 6.03 Å². The maximum atomic E-state index is 12.9. The van der Waals surface area contributed by atoms with Gasteiger partial charge in [-0.2, -0.15) is 5.01 Å². The van der Waals surface area contributed by atoms with Gasteiger partial charge in [0.2, 0.25) is 0 Å². The number of benzene rings is 2. The van der Waals surface area contributed by atoms with Crippen LogP contribution < -0.4 is 16.1 Å². The SMILES string of the molecule is Cc1ccc(C)c(NC(=S)NN2C(=O)N[C@@](C)(c3ccc([N+](=O)[O-])cc3)C2=O)c1. The summed E-state index contributed by atoms with van der Waals surface area (Å²) in [5.74, 6) is -0.582. The lowest BCUT2D eigenvalue weighted by molar-refractivity contribution is -0.384. The quantitative estimate of drug-likeness (QED) is 0.305. The average Bonchev–Trinajstić information content (AvgIpc) is 2.89. The van der Waals surface area contributed by atoms with Crippen molar-refractivity contribution in [2.45, 2.75) is 26.3 Å². The summed E-state index contributed by atoms with van der Waals surface area (Å²) in [7, 11) is 0. The first kappa shape index (κ1) is 20.2. The third kappa shape index (κ3) is 3.87. The summed E-state index contributed by atoms with van der Waals surface area (Å²) in [5, 5.41) is 17.3. The minimum Gasteiger partial charge on any atom is -0.331 e. The molecule has 2 aromatic rings. The highest BCUT2D eigenvalue weighted by Crippen LogP contribution is 2.29. The number of nitro benzene ring substituents is 1. The van der Waals surface area contributed by atoms with Gasteiger partial charge in [0.25, 0.3) is 11.6 Å². The zero-order chi connectivity index (χ0) is 21.3. The van der Waals surface area contributed by atoms with Gasteiger partial charge in [-0.3, -0.25) is 20.3 Å². The van der Waals surface area contributed by atoms with Crippen LogP contribution in [-0.2, 0) is 10.3 Å². The van der Waals surface area contributed by atoms with E-state index in [9.17, 15) is 19.7 Å². The molecule has 0 spiro atoms. The monoisotopic (exact) mass is 413 g/mol. The second-order valence-electron chi connectivity index (χ2n) is 6.88. The van der Waals surface area contributed by atoms with Crippen LogP contribution in [0.2, 0.25) is 0 Å². The molecule has 29 heavy (non-hydrogen) atoms. The Morgan fingerprint density at radius 3 is 2.45 bits per heavy atom. The number of nitro groups is 1. The summed E-state index contributed by atoms with van der Waals surface area (Å²) in [6, 6.07) is 10.5. The van der Waals surface area contributed by atoms with E-state index in [-0.39, 0.29) is 10.8 Å². The standard InChI is InChI=1S/C19H19N5O4S/c1-11-4-5-12(2)15(10-11)20-17(29)22-23-16(25)19(3,21-18(23)26)13-6-8-14(9-7-13)24(27)28/h4-10H,1-3H3,(H,21,26)(H2,20,22,29)/t19-/m0/s1. The molecule has 3 amide bonds. The summed E-state index contributed by atoms with van der Waals surface area (Å²) in [4.78, 5) is 35.6. The molecular weight excluding hydrogens is 394 g/mol. The Morgan fingerprint density at radius 1 is 1.17 bits per heavy atom. The Kier molecular flexibility index (Phi) is 5.21. The van der Waals surface area contributed by atoms with Crippen LogP contribution in [0.4, 0.5) is 16.2 Å². The van der Waals surface area contributed by atoms with E-state index in [1.807, 2.05) is 32.0 Å². The molecule has 150 valence electrons. The number of imide groups is 1. The van der Waals surface area contributed by atoms with E-state index >= 15 is 0 Å². The molecule has 3 rings (SSSR count). The van der Waals surface area contributed by atoms with Gasteiger partial charge in [-0.1, -0.05) is 12.1 Å². The number of hydrogen-bond donors (Lipinski definition) is 3. The molecule has 0 radical (unpaired) electrons. The van der Waals surface area contributed by atoms with Crippen molar-refractivity contribution in [1.82, 2.24) is 15.8 Å². The molecule has 1 heterocycles. The first-order chi connectivity index (χ1) is 13.6. The summed E-state index contributed by atoms with van der Waals surface area (Å²) in [5.41, 5.74) is 4.28. The van der Waals surface area contributed by atoms with Crippen molar-refractivity contribution in [2.75, 3.05) is 5.32 Å². The van der Waals surface area contributed by atoms with E-state index < -0.39 is 22.4 Å². The summed E-state index contributed by atoms with van der Waals surface area (Å²) in [6.45, 7) is 5.37. The van der Waals surface area contributed by atoms with Crippen LogP contribution in [0.25, 0.3) is 0 Å². The van der Waals surface area contributed by atoms with Crippen LogP contribution in [0, 0.1) is 24.0 Å². The molecule has 0 saturated carbocycles. The molecule has 10 heteroatoms. The second kappa shape index (κ2) is 7.47. The van der Waals surface area contributed by atoms with E-state index in [1.165, 1.54) is 31.2 Å². The smallest absolute Gasteiger partial charge is 0.331 e. The third-order valence-corrected chi connectivity index (χ3v) is 4.89. The van der Waals surface area contributed by atoms with Crippen molar-refractivity contribution < 1.29 is 14.5 Å². The maximum Gasteiger partial charge on any atom is 0.344 e. The van der Waals surface area contributed by atoms with Gasteiger partial charge in [0.15, 0.2) is 5.11 Å². The number of aryl methyl sites for hydroxylation is 2. The van der Waals surface area contributed by atoms with Crippen molar-refractivity contribution in [2.24, 2.45) is 0 Å².